The minimum absolute atomic E-state index is 0.144. The minimum Gasteiger partial charge on any atom is -0.496 e. The number of aliphatic hydroxyl groups is 1. The van der Waals surface area contributed by atoms with Gasteiger partial charge in [-0.2, -0.15) is 0 Å². The number of rotatable bonds is 5. The van der Waals surface area contributed by atoms with Crippen LogP contribution in [0.3, 0.4) is 0 Å². The first-order chi connectivity index (χ1) is 10.9. The highest BCUT2D eigenvalue weighted by molar-refractivity contribution is 6.24. The monoisotopic (exact) mass is 316 g/mol. The smallest absolute Gasteiger partial charge is 0.190 e. The molecule has 1 aliphatic rings. The number of hydrogen-bond donors (Lipinski definition) is 1. The summed E-state index contributed by atoms with van der Waals surface area (Å²) in [5.41, 5.74) is 1.82. The van der Waals surface area contributed by atoms with Gasteiger partial charge in [-0.15, -0.1) is 0 Å². The second-order valence-corrected chi connectivity index (χ2v) is 5.55. The Morgan fingerprint density at radius 1 is 1.13 bits per heavy atom. The zero-order valence-corrected chi connectivity index (χ0v) is 13.7. The third kappa shape index (κ3) is 3.19. The second kappa shape index (κ2) is 6.79. The van der Waals surface area contributed by atoms with E-state index in [2.05, 4.69) is 0 Å². The van der Waals surface area contributed by atoms with Crippen LogP contribution in [0.25, 0.3) is 0 Å². The third-order valence-corrected chi connectivity index (χ3v) is 3.68. The lowest BCUT2D eigenvalue weighted by molar-refractivity contribution is 0.0987. The molecule has 23 heavy (non-hydrogen) atoms. The molecule has 5 nitrogen and oxygen atoms in total. The molecule has 5 heteroatoms. The molecule has 0 radical (unpaired) electrons. The van der Waals surface area contributed by atoms with Crippen molar-refractivity contribution in [3.05, 3.63) is 46.6 Å². The molecule has 0 heterocycles. The number of carbonyl (C=O) groups excluding carboxylic acids is 2. The quantitative estimate of drug-likeness (QED) is 0.845. The first kappa shape index (κ1) is 17.0. The van der Waals surface area contributed by atoms with E-state index in [-0.39, 0.29) is 34.2 Å². The topological polar surface area (TPSA) is 72.8 Å². The van der Waals surface area contributed by atoms with Gasteiger partial charge in [0.2, 0.25) is 0 Å². The largest absolute Gasteiger partial charge is 0.496 e. The van der Waals surface area contributed by atoms with E-state index < -0.39 is 6.10 Å². The number of methoxy groups -OCH3 is 2. The lowest BCUT2D eigenvalue weighted by Gasteiger charge is -2.22. The normalized spacial score (nSPS) is 14.3. The van der Waals surface area contributed by atoms with Gasteiger partial charge >= 0.3 is 0 Å². The zero-order chi connectivity index (χ0) is 17.1. The summed E-state index contributed by atoms with van der Waals surface area (Å²) >= 11 is 0. The fraction of sp³-hybridized carbons (Fsp3) is 0.333. The van der Waals surface area contributed by atoms with Crippen molar-refractivity contribution in [3.63, 3.8) is 0 Å². The number of fused-ring (bicyclic) bond motifs is 1. The maximum absolute atomic E-state index is 12.3. The molecule has 0 amide bonds. The number of ketones is 2. The summed E-state index contributed by atoms with van der Waals surface area (Å²) in [6, 6.07) is 1.56. The Bertz CT molecular complexity index is 709. The van der Waals surface area contributed by atoms with Crippen LogP contribution in [-0.2, 0) is 0 Å². The van der Waals surface area contributed by atoms with Crippen molar-refractivity contribution in [2.75, 3.05) is 14.2 Å². The fourth-order valence-corrected chi connectivity index (χ4v) is 2.56. The van der Waals surface area contributed by atoms with Crippen LogP contribution in [0.5, 0.6) is 11.5 Å². The van der Waals surface area contributed by atoms with E-state index in [0.29, 0.717) is 12.0 Å². The zero-order valence-electron chi connectivity index (χ0n) is 13.7. The molecule has 0 unspecified atom stereocenters. The number of aliphatic hydroxyl groups excluding tert-OH is 1. The van der Waals surface area contributed by atoms with Crippen LogP contribution < -0.4 is 9.47 Å². The highest BCUT2D eigenvalue weighted by Crippen LogP contribution is 2.40. The van der Waals surface area contributed by atoms with Gasteiger partial charge < -0.3 is 14.6 Å². The van der Waals surface area contributed by atoms with Gasteiger partial charge in [-0.1, -0.05) is 11.6 Å². The molecule has 0 aliphatic heterocycles. The van der Waals surface area contributed by atoms with Crippen LogP contribution in [0.2, 0.25) is 0 Å². The lowest BCUT2D eigenvalue weighted by Crippen LogP contribution is -2.17. The van der Waals surface area contributed by atoms with Gasteiger partial charge in [-0.05, 0) is 38.5 Å². The van der Waals surface area contributed by atoms with Gasteiger partial charge in [0.25, 0.3) is 0 Å². The number of benzene rings is 1. The highest BCUT2D eigenvalue weighted by atomic mass is 16.5. The molecule has 0 bridgehead atoms. The van der Waals surface area contributed by atoms with Crippen molar-refractivity contribution in [2.24, 2.45) is 0 Å². The van der Waals surface area contributed by atoms with Crippen LogP contribution >= 0.6 is 0 Å². The van der Waals surface area contributed by atoms with E-state index in [0.717, 1.165) is 5.57 Å². The molecule has 0 spiro atoms. The molecule has 1 aromatic rings. The SMILES string of the molecule is COc1cc([C@@H](O)CC=C(C)C)c(OC)c2c1C(=O)C=CC2=O. The van der Waals surface area contributed by atoms with E-state index in [1.165, 1.54) is 26.4 Å². The molecule has 1 aromatic carbocycles. The summed E-state index contributed by atoms with van der Waals surface area (Å²) in [4.78, 5) is 24.4. The van der Waals surface area contributed by atoms with E-state index in [4.69, 9.17) is 9.47 Å². The Labute approximate surface area is 135 Å². The molecule has 2 rings (SSSR count). The van der Waals surface area contributed by atoms with Gasteiger partial charge in [0, 0.05) is 5.56 Å². The predicted octanol–water partition coefficient (Wildman–Crippen LogP) is 3.03. The Balaban J connectivity index is 2.66. The predicted molar refractivity (Wildman–Crippen MR) is 86.4 cm³/mol. The highest BCUT2D eigenvalue weighted by Gasteiger charge is 2.31. The molecular formula is C18H20O5. The maximum atomic E-state index is 12.3. The van der Waals surface area contributed by atoms with E-state index in [1.807, 2.05) is 19.9 Å². The standard InChI is InChI=1S/C18H20O5/c1-10(2)5-6-12(19)11-9-15(22-3)16-13(20)7-8-14(21)17(16)18(11)23-4/h5,7-9,12,19H,6H2,1-4H3/t12-/m0/s1. The van der Waals surface area contributed by atoms with Crippen LogP contribution in [-0.4, -0.2) is 30.9 Å². The summed E-state index contributed by atoms with van der Waals surface area (Å²) in [6.45, 7) is 3.87. The molecule has 0 aromatic heterocycles. The Morgan fingerprint density at radius 2 is 1.74 bits per heavy atom. The van der Waals surface area contributed by atoms with Crippen molar-refractivity contribution >= 4 is 11.6 Å². The van der Waals surface area contributed by atoms with E-state index in [1.54, 1.807) is 6.07 Å². The van der Waals surface area contributed by atoms with Gasteiger partial charge in [0.05, 0.1) is 31.5 Å². The molecule has 0 saturated carbocycles. The molecule has 0 fully saturated rings. The number of ether oxygens (including phenoxy) is 2. The maximum Gasteiger partial charge on any atom is 0.190 e. The molecule has 0 saturated heterocycles. The first-order valence-electron chi connectivity index (χ1n) is 7.27. The summed E-state index contributed by atoms with van der Waals surface area (Å²) in [5, 5.41) is 10.5. The van der Waals surface area contributed by atoms with Gasteiger partial charge in [0.1, 0.15) is 11.5 Å². The Morgan fingerprint density at radius 3 is 2.26 bits per heavy atom. The van der Waals surface area contributed by atoms with Crippen molar-refractivity contribution in [1.82, 2.24) is 0 Å². The van der Waals surface area contributed by atoms with Crippen molar-refractivity contribution in [1.29, 1.82) is 0 Å². The Hall–Kier alpha value is -2.40. The minimum atomic E-state index is -0.868. The first-order valence-corrected chi connectivity index (χ1v) is 7.27. The lowest BCUT2D eigenvalue weighted by atomic mass is 9.88. The molecular weight excluding hydrogens is 296 g/mol. The summed E-state index contributed by atoms with van der Waals surface area (Å²) in [6.07, 6.45) is 3.82. The summed E-state index contributed by atoms with van der Waals surface area (Å²) in [5.74, 6) is -0.181. The summed E-state index contributed by atoms with van der Waals surface area (Å²) < 4.78 is 10.6. The molecule has 1 atom stereocenters. The van der Waals surface area contributed by atoms with Crippen LogP contribution in [0.15, 0.2) is 29.9 Å². The van der Waals surface area contributed by atoms with Crippen LogP contribution in [0.1, 0.15) is 52.7 Å². The average molecular weight is 316 g/mol. The van der Waals surface area contributed by atoms with E-state index >= 15 is 0 Å². The fourth-order valence-electron chi connectivity index (χ4n) is 2.56. The number of allylic oxidation sites excluding steroid dienone is 3. The van der Waals surface area contributed by atoms with Crippen molar-refractivity contribution < 1.29 is 24.2 Å². The number of carbonyl (C=O) groups is 2. The van der Waals surface area contributed by atoms with Crippen LogP contribution in [0, 0.1) is 0 Å². The van der Waals surface area contributed by atoms with Gasteiger partial charge in [-0.3, -0.25) is 9.59 Å². The number of hydrogen-bond acceptors (Lipinski definition) is 5. The molecule has 1 N–H and O–H groups in total. The van der Waals surface area contributed by atoms with E-state index in [9.17, 15) is 14.7 Å². The van der Waals surface area contributed by atoms with Crippen molar-refractivity contribution in [2.45, 2.75) is 26.4 Å². The van der Waals surface area contributed by atoms with Gasteiger partial charge in [0.15, 0.2) is 11.6 Å². The average Bonchev–Trinajstić information content (AvgIpc) is 2.54. The second-order valence-electron chi connectivity index (χ2n) is 5.55. The van der Waals surface area contributed by atoms with Crippen molar-refractivity contribution in [3.8, 4) is 11.5 Å². The molecule has 1 aliphatic carbocycles. The summed E-state index contributed by atoms with van der Waals surface area (Å²) in [7, 11) is 2.83. The third-order valence-electron chi connectivity index (χ3n) is 3.68. The van der Waals surface area contributed by atoms with Gasteiger partial charge in [-0.25, -0.2) is 0 Å². The van der Waals surface area contributed by atoms with Crippen LogP contribution in [0.4, 0.5) is 0 Å². The Kier molecular flexibility index (Phi) is 5.01. The molecule has 122 valence electrons.